The third-order valence-corrected chi connectivity index (χ3v) is 4.40. The normalized spacial score (nSPS) is 18.5. The van der Waals surface area contributed by atoms with Crippen LogP contribution in [0.1, 0.15) is 22.9 Å². The number of nitrogens with zero attached hydrogens (tertiary/aromatic N) is 3. The van der Waals surface area contributed by atoms with E-state index in [-0.39, 0.29) is 6.10 Å². The van der Waals surface area contributed by atoms with E-state index in [0.29, 0.717) is 0 Å². The van der Waals surface area contributed by atoms with Gasteiger partial charge in [-0.2, -0.15) is 5.10 Å². The molecule has 1 aromatic heterocycles. The summed E-state index contributed by atoms with van der Waals surface area (Å²) < 4.78 is 13.1. The highest BCUT2D eigenvalue weighted by Crippen LogP contribution is 2.25. The zero-order chi connectivity index (χ0) is 16.9. The molecule has 128 valence electrons. The third kappa shape index (κ3) is 3.86. The second kappa shape index (κ2) is 7.64. The molecule has 0 unspecified atom stereocenters. The average Bonchev–Trinajstić information content (AvgIpc) is 2.95. The largest absolute Gasteiger partial charge is 0.497 e. The number of aryl methyl sites for hydroxylation is 1. The highest BCUT2D eigenvalue weighted by Gasteiger charge is 2.23. The lowest BCUT2D eigenvalue weighted by molar-refractivity contribution is -0.0330. The molecule has 0 amide bonds. The van der Waals surface area contributed by atoms with Crippen LogP contribution < -0.4 is 4.74 Å². The minimum atomic E-state index is 0.105. The van der Waals surface area contributed by atoms with Gasteiger partial charge in [0.1, 0.15) is 5.75 Å². The summed E-state index contributed by atoms with van der Waals surface area (Å²) in [5, 5.41) is 4.54. The Kier molecular flexibility index (Phi) is 5.33. The number of rotatable bonds is 6. The first-order valence-electron chi connectivity index (χ1n) is 8.31. The zero-order valence-corrected chi connectivity index (χ0v) is 14.4. The van der Waals surface area contributed by atoms with Gasteiger partial charge in [-0.05, 0) is 24.6 Å². The molecule has 3 rings (SSSR count). The molecule has 0 radical (unpaired) electrons. The number of benzene rings is 1. The van der Waals surface area contributed by atoms with Crippen LogP contribution in [0.4, 0.5) is 0 Å². The Balaban J connectivity index is 1.65. The topological polar surface area (TPSA) is 39.5 Å². The molecule has 0 spiro atoms. The van der Waals surface area contributed by atoms with Crippen molar-refractivity contribution in [3.8, 4) is 5.75 Å². The average molecular weight is 327 g/mol. The lowest BCUT2D eigenvalue weighted by atomic mass is 10.1. The minimum absolute atomic E-state index is 0.105. The Hall–Kier alpha value is -2.11. The van der Waals surface area contributed by atoms with Crippen molar-refractivity contribution in [3.63, 3.8) is 0 Å². The van der Waals surface area contributed by atoms with Gasteiger partial charge in [-0.25, -0.2) is 0 Å². The maximum Gasteiger partial charge on any atom is 0.118 e. The van der Waals surface area contributed by atoms with Crippen LogP contribution in [0.25, 0.3) is 0 Å². The van der Waals surface area contributed by atoms with Gasteiger partial charge < -0.3 is 9.47 Å². The Morgan fingerprint density at radius 1 is 1.38 bits per heavy atom. The van der Waals surface area contributed by atoms with Crippen LogP contribution in [0.3, 0.4) is 0 Å². The number of hydrogen-bond acceptors (Lipinski definition) is 4. The fourth-order valence-corrected chi connectivity index (χ4v) is 3.05. The van der Waals surface area contributed by atoms with Gasteiger partial charge in [0, 0.05) is 31.4 Å². The molecule has 1 fully saturated rings. The maximum absolute atomic E-state index is 5.96. The molecule has 1 aliphatic heterocycles. The molecule has 1 saturated heterocycles. The van der Waals surface area contributed by atoms with Crippen molar-refractivity contribution in [3.05, 3.63) is 59.9 Å². The van der Waals surface area contributed by atoms with Crippen molar-refractivity contribution in [2.24, 2.45) is 0 Å². The van der Waals surface area contributed by atoms with Gasteiger partial charge in [0.25, 0.3) is 0 Å². The predicted octanol–water partition coefficient (Wildman–Crippen LogP) is 2.96. The van der Waals surface area contributed by atoms with Crippen LogP contribution in [-0.2, 0) is 17.8 Å². The van der Waals surface area contributed by atoms with Crippen LogP contribution in [0, 0.1) is 6.92 Å². The van der Waals surface area contributed by atoms with E-state index < -0.39 is 0 Å². The van der Waals surface area contributed by atoms with Gasteiger partial charge in [-0.1, -0.05) is 18.2 Å². The van der Waals surface area contributed by atoms with E-state index in [1.54, 1.807) is 7.11 Å². The Labute approximate surface area is 143 Å². The van der Waals surface area contributed by atoms with E-state index in [0.717, 1.165) is 44.2 Å². The summed E-state index contributed by atoms with van der Waals surface area (Å²) in [6.07, 6.45) is 4.09. The van der Waals surface area contributed by atoms with Crippen molar-refractivity contribution in [2.45, 2.75) is 26.1 Å². The standard InChI is InChI=1S/C19H25N3O2/c1-4-9-22-13-17(15(2)20-22)12-21-10-11-24-19(14-21)16-5-7-18(23-3)8-6-16/h4-8,13,19H,1,9-12,14H2,2-3H3/t19-/m1/s1. The molecule has 1 aromatic carbocycles. The van der Waals surface area contributed by atoms with Crippen LogP contribution in [0.15, 0.2) is 43.1 Å². The fourth-order valence-electron chi connectivity index (χ4n) is 3.05. The summed E-state index contributed by atoms with van der Waals surface area (Å²) in [5.74, 6) is 0.872. The van der Waals surface area contributed by atoms with E-state index in [1.807, 2.05) is 22.9 Å². The molecule has 2 aromatic rings. The molecule has 5 heteroatoms. The lowest BCUT2D eigenvalue weighted by Gasteiger charge is -2.33. The summed E-state index contributed by atoms with van der Waals surface area (Å²) in [6, 6.07) is 8.14. The summed E-state index contributed by atoms with van der Waals surface area (Å²) >= 11 is 0. The fraction of sp³-hybridized carbons (Fsp3) is 0.421. The van der Waals surface area contributed by atoms with Crippen molar-refractivity contribution in [1.82, 2.24) is 14.7 Å². The number of ether oxygens (including phenoxy) is 2. The van der Waals surface area contributed by atoms with Crippen LogP contribution in [0.5, 0.6) is 5.75 Å². The highest BCUT2D eigenvalue weighted by molar-refractivity contribution is 5.29. The van der Waals surface area contributed by atoms with Crippen molar-refractivity contribution in [1.29, 1.82) is 0 Å². The SMILES string of the molecule is C=CCn1cc(CN2CCO[C@@H](c3ccc(OC)cc3)C2)c(C)n1. The summed E-state index contributed by atoms with van der Waals surface area (Å²) in [6.45, 7) is 10.1. The van der Waals surface area contributed by atoms with Gasteiger partial charge >= 0.3 is 0 Å². The molecule has 1 atom stereocenters. The lowest BCUT2D eigenvalue weighted by Crippen LogP contribution is -2.37. The number of methoxy groups -OCH3 is 1. The van der Waals surface area contributed by atoms with E-state index in [4.69, 9.17) is 9.47 Å². The summed E-state index contributed by atoms with van der Waals surface area (Å²) in [7, 11) is 1.68. The van der Waals surface area contributed by atoms with E-state index >= 15 is 0 Å². The molecule has 0 bridgehead atoms. The smallest absolute Gasteiger partial charge is 0.118 e. The molecule has 1 aliphatic rings. The molecular formula is C19H25N3O2. The van der Waals surface area contributed by atoms with Crippen molar-refractivity contribution in [2.75, 3.05) is 26.8 Å². The molecule has 5 nitrogen and oxygen atoms in total. The first-order valence-corrected chi connectivity index (χ1v) is 8.31. The quantitative estimate of drug-likeness (QED) is 0.765. The van der Waals surface area contributed by atoms with Gasteiger partial charge in [0.15, 0.2) is 0 Å². The molecular weight excluding hydrogens is 302 g/mol. The van der Waals surface area contributed by atoms with Crippen molar-refractivity contribution < 1.29 is 9.47 Å². The van der Waals surface area contributed by atoms with Crippen LogP contribution in [0.2, 0.25) is 0 Å². The predicted molar refractivity (Wildman–Crippen MR) is 94.1 cm³/mol. The second-order valence-corrected chi connectivity index (χ2v) is 6.12. The summed E-state index contributed by atoms with van der Waals surface area (Å²) in [5.41, 5.74) is 3.55. The van der Waals surface area contributed by atoms with Crippen LogP contribution in [-0.4, -0.2) is 41.5 Å². The Morgan fingerprint density at radius 2 is 2.17 bits per heavy atom. The monoisotopic (exact) mass is 327 g/mol. The first kappa shape index (κ1) is 16.7. The van der Waals surface area contributed by atoms with E-state index in [9.17, 15) is 0 Å². The van der Waals surface area contributed by atoms with E-state index in [1.165, 1.54) is 11.1 Å². The molecule has 0 saturated carbocycles. The van der Waals surface area contributed by atoms with E-state index in [2.05, 4.69) is 41.8 Å². The Morgan fingerprint density at radius 3 is 2.88 bits per heavy atom. The number of allylic oxidation sites excluding steroid dienone is 1. The Bertz CT molecular complexity index is 678. The number of aromatic nitrogens is 2. The maximum atomic E-state index is 5.96. The zero-order valence-electron chi connectivity index (χ0n) is 14.4. The highest BCUT2D eigenvalue weighted by atomic mass is 16.5. The third-order valence-electron chi connectivity index (χ3n) is 4.40. The summed E-state index contributed by atoms with van der Waals surface area (Å²) in [4.78, 5) is 2.43. The minimum Gasteiger partial charge on any atom is -0.497 e. The molecule has 2 heterocycles. The van der Waals surface area contributed by atoms with Gasteiger partial charge in [-0.15, -0.1) is 6.58 Å². The first-order chi connectivity index (χ1) is 11.7. The molecule has 0 aliphatic carbocycles. The molecule has 0 N–H and O–H groups in total. The van der Waals surface area contributed by atoms with Gasteiger partial charge in [0.05, 0.1) is 32.1 Å². The van der Waals surface area contributed by atoms with Gasteiger partial charge in [0.2, 0.25) is 0 Å². The molecule has 24 heavy (non-hydrogen) atoms. The number of hydrogen-bond donors (Lipinski definition) is 0. The second-order valence-electron chi connectivity index (χ2n) is 6.12. The number of morpholine rings is 1. The van der Waals surface area contributed by atoms with Gasteiger partial charge in [-0.3, -0.25) is 9.58 Å². The van der Waals surface area contributed by atoms with Crippen LogP contribution >= 0.6 is 0 Å². The van der Waals surface area contributed by atoms with Crippen molar-refractivity contribution >= 4 is 0 Å².